The van der Waals surface area contributed by atoms with E-state index >= 15 is 0 Å². The molecule has 2 aromatic rings. The third kappa shape index (κ3) is 3.43. The molecule has 0 radical (unpaired) electrons. The Morgan fingerprint density at radius 2 is 1.86 bits per heavy atom. The van der Waals surface area contributed by atoms with Crippen LogP contribution in [0, 0.1) is 6.92 Å². The zero-order valence-corrected chi connectivity index (χ0v) is 13.7. The molecule has 0 spiro atoms. The van der Waals surface area contributed by atoms with Gasteiger partial charge in [0.2, 0.25) is 0 Å². The zero-order chi connectivity index (χ0) is 16.4. The number of H-pyrrole nitrogens is 1. The molecule has 0 saturated heterocycles. The number of ether oxygens (including phenoxy) is 1. The number of carbonyl (C=O) groups is 2. The van der Waals surface area contributed by atoms with E-state index in [-0.39, 0.29) is 21.8 Å². The van der Waals surface area contributed by atoms with Gasteiger partial charge in [0.15, 0.2) is 0 Å². The Labute approximate surface area is 137 Å². The highest BCUT2D eigenvalue weighted by Crippen LogP contribution is 2.25. The largest absolute Gasteiger partial charge is 0.422 e. The van der Waals surface area contributed by atoms with E-state index in [0.717, 1.165) is 5.56 Å². The smallest absolute Gasteiger partial charge is 0.360 e. The number of aryl methyl sites for hydroxylation is 1. The molecule has 1 N–H and O–H groups in total. The lowest BCUT2D eigenvalue weighted by atomic mass is 10.1. The van der Waals surface area contributed by atoms with Gasteiger partial charge in [0.1, 0.15) is 16.6 Å². The topological polar surface area (TPSA) is 62.4 Å². The molecule has 0 aliphatic heterocycles. The second-order valence-electron chi connectivity index (χ2n) is 4.91. The lowest BCUT2D eigenvalue weighted by Crippen LogP contribution is -2.21. The fourth-order valence-electron chi connectivity index (χ4n) is 1.77. The number of carbonyl (C=O) groups excluding carboxylic acids is 2. The maximum absolute atomic E-state index is 12.1. The summed E-state index contributed by atoms with van der Waals surface area (Å²) in [6.07, 6.45) is 0. The number of hydrogen-bond donors (Lipinski definition) is 1. The molecule has 0 aliphatic rings. The van der Waals surface area contributed by atoms with Crippen molar-refractivity contribution in [2.75, 3.05) is 14.1 Å². The Kier molecular flexibility index (Phi) is 4.78. The highest BCUT2D eigenvalue weighted by Gasteiger charge is 2.17. The normalized spacial score (nSPS) is 10.4. The SMILES string of the molecule is Cc1ccc(C(=O)N(C)C)cc1OC(=O)c1cc(Cl)c(Cl)[nH]1. The van der Waals surface area contributed by atoms with Gasteiger partial charge in [-0.2, -0.15) is 0 Å². The molecule has 0 bridgehead atoms. The van der Waals surface area contributed by atoms with Crippen LogP contribution in [0.1, 0.15) is 26.4 Å². The summed E-state index contributed by atoms with van der Waals surface area (Å²) < 4.78 is 5.31. The average Bonchev–Trinajstić information content (AvgIpc) is 2.80. The van der Waals surface area contributed by atoms with Gasteiger partial charge in [-0.15, -0.1) is 0 Å². The summed E-state index contributed by atoms with van der Waals surface area (Å²) in [5.74, 6) is -0.505. The quantitative estimate of drug-likeness (QED) is 0.686. The summed E-state index contributed by atoms with van der Waals surface area (Å²) >= 11 is 11.6. The van der Waals surface area contributed by atoms with Crippen molar-refractivity contribution in [1.29, 1.82) is 0 Å². The predicted octanol–water partition coefficient (Wildman–Crippen LogP) is 3.55. The molecule has 0 aliphatic carbocycles. The van der Waals surface area contributed by atoms with Gasteiger partial charge in [0.25, 0.3) is 5.91 Å². The Balaban J connectivity index is 2.27. The van der Waals surface area contributed by atoms with Crippen LogP contribution in [0.25, 0.3) is 0 Å². The van der Waals surface area contributed by atoms with E-state index in [0.29, 0.717) is 11.3 Å². The van der Waals surface area contributed by atoms with Crippen LogP contribution in [0.5, 0.6) is 5.75 Å². The van der Waals surface area contributed by atoms with E-state index in [9.17, 15) is 9.59 Å². The molecule has 7 heteroatoms. The third-order valence-electron chi connectivity index (χ3n) is 2.99. The monoisotopic (exact) mass is 340 g/mol. The number of aromatic nitrogens is 1. The van der Waals surface area contributed by atoms with Crippen LogP contribution in [0.15, 0.2) is 24.3 Å². The summed E-state index contributed by atoms with van der Waals surface area (Å²) in [5, 5.41) is 0.406. The van der Waals surface area contributed by atoms with Crippen molar-refractivity contribution in [1.82, 2.24) is 9.88 Å². The minimum atomic E-state index is -0.633. The lowest BCUT2D eigenvalue weighted by Gasteiger charge is -2.12. The summed E-state index contributed by atoms with van der Waals surface area (Å²) in [7, 11) is 3.30. The van der Waals surface area contributed by atoms with Crippen molar-refractivity contribution in [3.8, 4) is 5.75 Å². The molecule has 2 rings (SSSR count). The standard InChI is InChI=1S/C15H14Cl2N2O3/c1-8-4-5-9(14(20)19(2)3)6-12(8)22-15(21)11-7-10(16)13(17)18-11/h4-7,18H,1-3H3. The Morgan fingerprint density at radius 1 is 1.18 bits per heavy atom. The molecule has 1 amide bonds. The number of rotatable bonds is 3. The number of amides is 1. The molecule has 0 saturated carbocycles. The van der Waals surface area contributed by atoms with Gasteiger partial charge >= 0.3 is 5.97 Å². The molecule has 1 aromatic carbocycles. The molecule has 0 fully saturated rings. The molecular formula is C15H14Cl2N2O3. The molecule has 0 atom stereocenters. The number of aromatic amines is 1. The average molecular weight is 341 g/mol. The minimum absolute atomic E-state index is 0.138. The number of nitrogens with zero attached hydrogens (tertiary/aromatic N) is 1. The second kappa shape index (κ2) is 6.42. The predicted molar refractivity (Wildman–Crippen MR) is 85.0 cm³/mol. The summed E-state index contributed by atoms with van der Waals surface area (Å²) in [6, 6.07) is 6.31. The number of nitrogens with one attached hydrogen (secondary N) is 1. The van der Waals surface area contributed by atoms with E-state index in [1.807, 2.05) is 0 Å². The lowest BCUT2D eigenvalue weighted by molar-refractivity contribution is 0.0725. The van der Waals surface area contributed by atoms with Crippen LogP contribution in [0.2, 0.25) is 10.2 Å². The van der Waals surface area contributed by atoms with Crippen molar-refractivity contribution < 1.29 is 14.3 Å². The van der Waals surface area contributed by atoms with Crippen LogP contribution in [-0.4, -0.2) is 35.9 Å². The molecule has 1 heterocycles. The first-order valence-corrected chi connectivity index (χ1v) is 7.13. The molecule has 1 aromatic heterocycles. The van der Waals surface area contributed by atoms with Crippen molar-refractivity contribution in [3.63, 3.8) is 0 Å². The highest BCUT2D eigenvalue weighted by molar-refractivity contribution is 6.41. The van der Waals surface area contributed by atoms with Gasteiger partial charge < -0.3 is 14.6 Å². The first kappa shape index (κ1) is 16.4. The molecule has 22 heavy (non-hydrogen) atoms. The number of benzene rings is 1. The maximum Gasteiger partial charge on any atom is 0.360 e. The summed E-state index contributed by atoms with van der Waals surface area (Å²) in [6.45, 7) is 1.78. The number of esters is 1. The van der Waals surface area contributed by atoms with E-state index in [4.69, 9.17) is 27.9 Å². The zero-order valence-electron chi connectivity index (χ0n) is 12.2. The second-order valence-corrected chi connectivity index (χ2v) is 5.70. The first-order chi connectivity index (χ1) is 10.3. The molecular weight excluding hydrogens is 327 g/mol. The molecule has 0 unspecified atom stereocenters. The fourth-order valence-corrected chi connectivity index (χ4v) is 2.08. The van der Waals surface area contributed by atoms with Crippen molar-refractivity contribution >= 4 is 35.1 Å². The molecule has 116 valence electrons. The van der Waals surface area contributed by atoms with Gasteiger partial charge in [0, 0.05) is 19.7 Å². The highest BCUT2D eigenvalue weighted by atomic mass is 35.5. The van der Waals surface area contributed by atoms with E-state index in [1.54, 1.807) is 33.2 Å². The van der Waals surface area contributed by atoms with Gasteiger partial charge in [-0.3, -0.25) is 4.79 Å². The Hall–Kier alpha value is -1.98. The van der Waals surface area contributed by atoms with Gasteiger partial charge in [-0.25, -0.2) is 4.79 Å². The maximum atomic E-state index is 12.1. The Bertz CT molecular complexity index is 719. The summed E-state index contributed by atoms with van der Waals surface area (Å²) in [5.41, 5.74) is 1.30. The first-order valence-electron chi connectivity index (χ1n) is 6.38. The van der Waals surface area contributed by atoms with Crippen molar-refractivity contribution in [2.45, 2.75) is 6.92 Å². The van der Waals surface area contributed by atoms with Gasteiger partial charge in [0.05, 0.1) is 5.02 Å². The van der Waals surface area contributed by atoms with E-state index in [2.05, 4.69) is 4.98 Å². The third-order valence-corrected chi connectivity index (χ3v) is 3.68. The van der Waals surface area contributed by atoms with Gasteiger partial charge in [-0.05, 0) is 30.7 Å². The number of halogens is 2. The van der Waals surface area contributed by atoms with Crippen molar-refractivity contribution in [2.24, 2.45) is 0 Å². The molecule has 5 nitrogen and oxygen atoms in total. The van der Waals surface area contributed by atoms with Gasteiger partial charge in [-0.1, -0.05) is 29.3 Å². The summed E-state index contributed by atoms with van der Waals surface area (Å²) in [4.78, 5) is 28.1. The van der Waals surface area contributed by atoms with Crippen LogP contribution < -0.4 is 4.74 Å². The van der Waals surface area contributed by atoms with Crippen LogP contribution in [0.4, 0.5) is 0 Å². The van der Waals surface area contributed by atoms with E-state index < -0.39 is 5.97 Å². The fraction of sp³-hybridized carbons (Fsp3) is 0.200. The van der Waals surface area contributed by atoms with Crippen LogP contribution >= 0.6 is 23.2 Å². The number of hydrogen-bond acceptors (Lipinski definition) is 3. The van der Waals surface area contributed by atoms with E-state index in [1.165, 1.54) is 17.0 Å². The van der Waals surface area contributed by atoms with Crippen LogP contribution in [-0.2, 0) is 0 Å². The van der Waals surface area contributed by atoms with Crippen molar-refractivity contribution in [3.05, 3.63) is 51.3 Å². The van der Waals surface area contributed by atoms with Crippen LogP contribution in [0.3, 0.4) is 0 Å². The Morgan fingerprint density at radius 3 is 2.41 bits per heavy atom. The minimum Gasteiger partial charge on any atom is -0.422 e.